The van der Waals surface area contributed by atoms with Crippen LogP contribution in [0.15, 0.2) is 12.4 Å². The maximum absolute atomic E-state index is 13.0. The molecule has 6 heteroatoms. The highest BCUT2D eigenvalue weighted by Gasteiger charge is 2.48. The molecule has 3 heterocycles. The molecule has 3 fully saturated rings. The Morgan fingerprint density at radius 1 is 1.29 bits per heavy atom. The van der Waals surface area contributed by atoms with Crippen LogP contribution in [0.2, 0.25) is 0 Å². The highest BCUT2D eigenvalue weighted by Crippen LogP contribution is 2.43. The predicted molar refractivity (Wildman–Crippen MR) is 91.0 cm³/mol. The van der Waals surface area contributed by atoms with Crippen LogP contribution in [0.3, 0.4) is 0 Å². The fourth-order valence-electron chi connectivity index (χ4n) is 4.15. The van der Waals surface area contributed by atoms with Gasteiger partial charge in [0.15, 0.2) is 0 Å². The molecule has 130 valence electrons. The molecule has 1 aromatic heterocycles. The number of hydrogen-bond acceptors (Lipinski definition) is 5. The summed E-state index contributed by atoms with van der Waals surface area (Å²) in [5.74, 6) is 1.93. The number of rotatable bonds is 5. The molecule has 1 spiro atoms. The molecule has 4 rings (SSSR count). The van der Waals surface area contributed by atoms with Crippen molar-refractivity contribution in [3.05, 3.63) is 18.1 Å². The smallest absolute Gasteiger partial charge is 0.230 e. The van der Waals surface area contributed by atoms with E-state index in [9.17, 15) is 4.79 Å². The summed E-state index contributed by atoms with van der Waals surface area (Å²) in [7, 11) is 1.69. The summed E-state index contributed by atoms with van der Waals surface area (Å²) in [6.07, 6.45) is 7.17. The van der Waals surface area contributed by atoms with E-state index in [1.165, 1.54) is 12.8 Å². The molecule has 24 heavy (non-hydrogen) atoms. The largest absolute Gasteiger partial charge is 0.383 e. The first-order valence-electron chi connectivity index (χ1n) is 9.07. The van der Waals surface area contributed by atoms with E-state index in [2.05, 4.69) is 20.9 Å². The second kappa shape index (κ2) is 6.31. The minimum absolute atomic E-state index is 0.226. The Hall–Kier alpha value is -1.69. The van der Waals surface area contributed by atoms with E-state index in [1.54, 1.807) is 13.4 Å². The first kappa shape index (κ1) is 15.8. The fourth-order valence-corrected chi connectivity index (χ4v) is 4.15. The highest BCUT2D eigenvalue weighted by molar-refractivity contribution is 5.85. The van der Waals surface area contributed by atoms with Crippen molar-refractivity contribution in [2.75, 3.05) is 44.8 Å². The zero-order valence-electron chi connectivity index (χ0n) is 14.4. The summed E-state index contributed by atoms with van der Waals surface area (Å²) in [4.78, 5) is 26.2. The van der Waals surface area contributed by atoms with E-state index < -0.39 is 0 Å². The minimum Gasteiger partial charge on any atom is -0.383 e. The molecule has 1 aromatic rings. The first-order valence-corrected chi connectivity index (χ1v) is 9.07. The molecule has 3 aliphatic rings. The van der Waals surface area contributed by atoms with Crippen LogP contribution in [-0.4, -0.2) is 60.7 Å². The molecular weight excluding hydrogens is 304 g/mol. The number of likely N-dealkylation sites (tertiary alicyclic amines) is 1. The molecule has 1 atom stereocenters. The van der Waals surface area contributed by atoms with Gasteiger partial charge >= 0.3 is 0 Å². The molecule has 1 amide bonds. The Kier molecular flexibility index (Phi) is 4.16. The second-order valence-electron chi connectivity index (χ2n) is 7.42. The van der Waals surface area contributed by atoms with Crippen molar-refractivity contribution in [2.24, 2.45) is 5.41 Å². The Balaban J connectivity index is 1.48. The van der Waals surface area contributed by atoms with Crippen molar-refractivity contribution in [3.8, 4) is 0 Å². The molecule has 6 nitrogen and oxygen atoms in total. The first-order chi connectivity index (χ1) is 11.7. The van der Waals surface area contributed by atoms with Gasteiger partial charge in [-0.1, -0.05) is 0 Å². The Morgan fingerprint density at radius 2 is 2.17 bits per heavy atom. The maximum Gasteiger partial charge on any atom is 0.230 e. The third kappa shape index (κ3) is 2.88. The van der Waals surface area contributed by atoms with Gasteiger partial charge in [0.2, 0.25) is 5.91 Å². The highest BCUT2D eigenvalue weighted by atomic mass is 16.5. The fraction of sp³-hybridized carbons (Fsp3) is 0.722. The maximum atomic E-state index is 13.0. The van der Waals surface area contributed by atoms with Crippen LogP contribution in [0.1, 0.15) is 43.7 Å². The van der Waals surface area contributed by atoms with E-state index in [4.69, 9.17) is 4.74 Å². The summed E-state index contributed by atoms with van der Waals surface area (Å²) in [6, 6.07) is 2.13. The number of anilines is 1. The topological polar surface area (TPSA) is 58.6 Å². The molecule has 2 saturated heterocycles. The van der Waals surface area contributed by atoms with Gasteiger partial charge < -0.3 is 14.5 Å². The average Bonchev–Trinajstić information content (AvgIpc) is 3.38. The zero-order chi connectivity index (χ0) is 16.6. The van der Waals surface area contributed by atoms with E-state index in [0.717, 1.165) is 50.4 Å². The average molecular weight is 330 g/mol. The number of hydrogen-bond donors (Lipinski definition) is 0. The predicted octanol–water partition coefficient (Wildman–Crippen LogP) is 1.82. The number of carbonyl (C=O) groups excluding carboxylic acids is 1. The normalized spacial score (nSPS) is 27.3. The van der Waals surface area contributed by atoms with Gasteiger partial charge in [-0.15, -0.1) is 0 Å². The molecule has 2 aliphatic heterocycles. The van der Waals surface area contributed by atoms with Crippen molar-refractivity contribution >= 4 is 11.7 Å². The molecule has 0 unspecified atom stereocenters. The summed E-state index contributed by atoms with van der Waals surface area (Å²) in [5, 5.41) is 0. The molecule has 0 N–H and O–H groups in total. The molecule has 0 radical (unpaired) electrons. The van der Waals surface area contributed by atoms with Gasteiger partial charge in [-0.3, -0.25) is 4.79 Å². The lowest BCUT2D eigenvalue weighted by molar-refractivity contribution is -0.145. The van der Waals surface area contributed by atoms with Gasteiger partial charge in [-0.2, -0.15) is 0 Å². The summed E-state index contributed by atoms with van der Waals surface area (Å²) >= 11 is 0. The number of ether oxygens (including phenoxy) is 1. The lowest BCUT2D eigenvalue weighted by atomic mass is 9.78. The van der Waals surface area contributed by atoms with E-state index in [-0.39, 0.29) is 5.41 Å². The molecule has 0 bridgehead atoms. The van der Waals surface area contributed by atoms with Gasteiger partial charge in [-0.25, -0.2) is 9.97 Å². The lowest BCUT2D eigenvalue weighted by Gasteiger charge is -2.39. The number of nitrogens with zero attached hydrogens (tertiary/aromatic N) is 4. The van der Waals surface area contributed by atoms with E-state index in [0.29, 0.717) is 25.0 Å². The number of piperidine rings is 1. The monoisotopic (exact) mass is 330 g/mol. The van der Waals surface area contributed by atoms with Crippen LogP contribution in [0.25, 0.3) is 0 Å². The molecular formula is C18H26N4O2. The standard InChI is InChI=1S/C18H26N4O2/c1-24-10-9-21-7-2-5-18(17(21)23)6-8-22(12-18)16-11-15(14-3-4-14)19-13-20-16/h11,13-14H,2-10,12H2,1H3/t18-/m1/s1. The third-order valence-corrected chi connectivity index (χ3v) is 5.74. The summed E-state index contributed by atoms with van der Waals surface area (Å²) in [6.45, 7) is 3.88. The molecule has 1 aliphatic carbocycles. The molecule has 1 saturated carbocycles. The molecule has 0 aromatic carbocycles. The van der Waals surface area contributed by atoms with E-state index in [1.807, 2.05) is 4.90 Å². The Morgan fingerprint density at radius 3 is 2.96 bits per heavy atom. The van der Waals surface area contributed by atoms with Crippen molar-refractivity contribution in [1.82, 2.24) is 14.9 Å². The van der Waals surface area contributed by atoms with Crippen molar-refractivity contribution in [1.29, 1.82) is 0 Å². The third-order valence-electron chi connectivity index (χ3n) is 5.74. The number of carbonyl (C=O) groups is 1. The Bertz CT molecular complexity index is 619. The Labute approximate surface area is 143 Å². The zero-order valence-corrected chi connectivity index (χ0v) is 14.4. The van der Waals surface area contributed by atoms with Crippen LogP contribution in [0.5, 0.6) is 0 Å². The van der Waals surface area contributed by atoms with Gasteiger partial charge in [0.05, 0.1) is 12.0 Å². The van der Waals surface area contributed by atoms with Gasteiger partial charge in [-0.05, 0) is 32.1 Å². The van der Waals surface area contributed by atoms with E-state index >= 15 is 0 Å². The van der Waals surface area contributed by atoms with Crippen LogP contribution in [0.4, 0.5) is 5.82 Å². The summed E-state index contributed by atoms with van der Waals surface area (Å²) < 4.78 is 5.15. The van der Waals surface area contributed by atoms with Gasteiger partial charge in [0, 0.05) is 51.0 Å². The van der Waals surface area contributed by atoms with Crippen LogP contribution in [-0.2, 0) is 9.53 Å². The SMILES string of the molecule is COCCN1CCC[C@]2(CCN(c3cc(C4CC4)ncn3)C2)C1=O. The van der Waals surface area contributed by atoms with Crippen LogP contribution >= 0.6 is 0 Å². The van der Waals surface area contributed by atoms with Gasteiger partial charge in [0.25, 0.3) is 0 Å². The van der Waals surface area contributed by atoms with Crippen molar-refractivity contribution in [3.63, 3.8) is 0 Å². The minimum atomic E-state index is -0.226. The number of amides is 1. The summed E-state index contributed by atoms with van der Waals surface area (Å²) in [5.41, 5.74) is 0.939. The van der Waals surface area contributed by atoms with Crippen molar-refractivity contribution in [2.45, 2.75) is 38.0 Å². The quantitative estimate of drug-likeness (QED) is 0.824. The van der Waals surface area contributed by atoms with Crippen LogP contribution in [0, 0.1) is 5.41 Å². The lowest BCUT2D eigenvalue weighted by Crippen LogP contribution is -2.51. The number of aromatic nitrogens is 2. The van der Waals surface area contributed by atoms with Crippen LogP contribution < -0.4 is 4.90 Å². The van der Waals surface area contributed by atoms with Crippen molar-refractivity contribution < 1.29 is 9.53 Å². The number of methoxy groups -OCH3 is 1. The van der Waals surface area contributed by atoms with Gasteiger partial charge in [0.1, 0.15) is 12.1 Å². The second-order valence-corrected chi connectivity index (χ2v) is 7.42.